The third kappa shape index (κ3) is 10.4. The molecule has 1 unspecified atom stereocenters. The van der Waals surface area contributed by atoms with Crippen molar-refractivity contribution in [2.75, 3.05) is 12.8 Å². The summed E-state index contributed by atoms with van der Waals surface area (Å²) in [5, 5.41) is 8.21. The van der Waals surface area contributed by atoms with Crippen molar-refractivity contribution >= 4 is 28.8 Å². The summed E-state index contributed by atoms with van der Waals surface area (Å²) in [6, 6.07) is 5.63. The first-order chi connectivity index (χ1) is 21.7. The number of ketones is 1. The fourth-order valence-corrected chi connectivity index (χ4v) is 5.06. The average Bonchev–Trinajstić information content (AvgIpc) is 3.05. The van der Waals surface area contributed by atoms with Gasteiger partial charge in [0.15, 0.2) is 11.6 Å². The van der Waals surface area contributed by atoms with E-state index in [0.717, 1.165) is 35.2 Å². The van der Waals surface area contributed by atoms with E-state index in [9.17, 15) is 4.79 Å². The average molecular weight is 653 g/mol. The van der Waals surface area contributed by atoms with Crippen molar-refractivity contribution in [1.29, 1.82) is 0 Å². The van der Waals surface area contributed by atoms with Crippen molar-refractivity contribution in [3.8, 4) is 0 Å². The maximum absolute atomic E-state index is 13.5. The van der Waals surface area contributed by atoms with Crippen molar-refractivity contribution < 1.29 is 9.53 Å². The van der Waals surface area contributed by atoms with Gasteiger partial charge >= 0.3 is 0 Å². The Balaban J connectivity index is 0.00000486. The Morgan fingerprint density at radius 2 is 1.67 bits per heavy atom. The summed E-state index contributed by atoms with van der Waals surface area (Å²) in [7, 11) is 1.59. The SMILES string of the molecule is C=C(c1nc(C)c(C(C)(C(=C)O/C=C(\CC)CC(C)(C)C(=C)NN=NC)C(=O)CC)c(N)n1)c1ccc(Cl)cc1CC.CC.CC. The first kappa shape index (κ1) is 42.2. The highest BCUT2D eigenvalue weighted by Gasteiger charge is 2.42. The van der Waals surface area contributed by atoms with Gasteiger partial charge in [0.25, 0.3) is 0 Å². The molecular formula is C37H57ClN6O2. The number of hydrogen-bond donors (Lipinski definition) is 2. The van der Waals surface area contributed by atoms with Gasteiger partial charge in [-0.2, -0.15) is 5.11 Å². The van der Waals surface area contributed by atoms with Crippen LogP contribution in [0.15, 0.2) is 71.6 Å². The van der Waals surface area contributed by atoms with Crippen LogP contribution in [-0.4, -0.2) is 22.8 Å². The van der Waals surface area contributed by atoms with Crippen LogP contribution in [0.2, 0.25) is 5.02 Å². The molecule has 1 aromatic heterocycles. The molecule has 254 valence electrons. The second-order valence-corrected chi connectivity index (χ2v) is 11.5. The van der Waals surface area contributed by atoms with Crippen LogP contribution in [0.5, 0.6) is 0 Å². The Hall–Kier alpha value is -3.78. The number of benzene rings is 1. The van der Waals surface area contributed by atoms with Crippen LogP contribution in [0.4, 0.5) is 5.82 Å². The quantitative estimate of drug-likeness (QED) is 0.112. The van der Waals surface area contributed by atoms with Gasteiger partial charge in [-0.1, -0.05) is 105 Å². The molecule has 46 heavy (non-hydrogen) atoms. The largest absolute Gasteiger partial charge is 0.469 e. The van der Waals surface area contributed by atoms with E-state index in [-0.39, 0.29) is 29.2 Å². The summed E-state index contributed by atoms with van der Waals surface area (Å²) >= 11 is 6.21. The summed E-state index contributed by atoms with van der Waals surface area (Å²) in [6.07, 6.45) is 4.04. The zero-order valence-electron chi connectivity index (χ0n) is 30.3. The Kier molecular flexibility index (Phi) is 18.1. The van der Waals surface area contributed by atoms with E-state index in [1.807, 2.05) is 66.7 Å². The van der Waals surface area contributed by atoms with E-state index >= 15 is 0 Å². The number of nitrogens with two attached hydrogens (primary N) is 1. The number of anilines is 1. The smallest absolute Gasteiger partial charge is 0.161 e. The molecule has 0 radical (unpaired) electrons. The minimum atomic E-state index is -1.28. The lowest BCUT2D eigenvalue weighted by atomic mass is 9.75. The summed E-state index contributed by atoms with van der Waals surface area (Å²) in [4.78, 5) is 22.9. The topological polar surface area (TPSA) is 115 Å². The summed E-state index contributed by atoms with van der Waals surface area (Å²) < 4.78 is 6.13. The molecule has 2 aromatic rings. The van der Waals surface area contributed by atoms with Crippen molar-refractivity contribution in [2.45, 2.75) is 107 Å². The van der Waals surface area contributed by atoms with Gasteiger partial charge in [0.1, 0.15) is 17.0 Å². The fraction of sp³-hybridized carbons (Fsp3) is 0.486. The predicted molar refractivity (Wildman–Crippen MR) is 196 cm³/mol. The zero-order chi connectivity index (χ0) is 35.8. The lowest BCUT2D eigenvalue weighted by Crippen LogP contribution is -2.37. The van der Waals surface area contributed by atoms with Gasteiger partial charge in [-0.3, -0.25) is 10.2 Å². The maximum atomic E-state index is 13.5. The molecule has 0 aliphatic carbocycles. The molecule has 8 nitrogen and oxygen atoms in total. The van der Waals surface area contributed by atoms with Gasteiger partial charge in [-0.15, -0.1) is 0 Å². The van der Waals surface area contributed by atoms with Gasteiger partial charge in [0.2, 0.25) is 0 Å². The second kappa shape index (κ2) is 19.7. The number of allylic oxidation sites excluding steroid dienone is 3. The molecular weight excluding hydrogens is 596 g/mol. The van der Waals surface area contributed by atoms with Crippen LogP contribution in [0, 0.1) is 12.3 Å². The van der Waals surface area contributed by atoms with E-state index in [1.165, 1.54) is 0 Å². The Morgan fingerprint density at radius 3 is 2.17 bits per heavy atom. The Bertz CT molecular complexity index is 1400. The fourth-order valence-electron chi connectivity index (χ4n) is 4.86. The lowest BCUT2D eigenvalue weighted by Gasteiger charge is -2.32. The number of hydrogen-bond acceptors (Lipinski definition) is 7. The highest BCUT2D eigenvalue weighted by Crippen LogP contribution is 2.40. The second-order valence-electron chi connectivity index (χ2n) is 11.0. The number of aryl methyl sites for hydroxylation is 2. The third-order valence-electron chi connectivity index (χ3n) is 7.69. The van der Waals surface area contributed by atoms with Crippen LogP contribution in [0.3, 0.4) is 0 Å². The number of carbonyl (C=O) groups is 1. The normalized spacial score (nSPS) is 12.6. The zero-order valence-corrected chi connectivity index (χ0v) is 31.1. The third-order valence-corrected chi connectivity index (χ3v) is 7.93. The van der Waals surface area contributed by atoms with E-state index in [1.54, 1.807) is 27.2 Å². The number of rotatable bonds is 15. The molecule has 1 heterocycles. The van der Waals surface area contributed by atoms with E-state index < -0.39 is 5.41 Å². The van der Waals surface area contributed by atoms with E-state index in [2.05, 4.69) is 54.3 Å². The number of nitrogen functional groups attached to an aromatic ring is 1. The minimum Gasteiger partial charge on any atom is -0.469 e. The number of Topliss-reactive ketones (excluding diaryl/α,β-unsaturated/α-hetero) is 1. The van der Waals surface area contributed by atoms with Crippen molar-refractivity contribution in [2.24, 2.45) is 15.8 Å². The summed E-state index contributed by atoms with van der Waals surface area (Å²) in [6.45, 7) is 34.1. The first-order valence-electron chi connectivity index (χ1n) is 16.1. The molecule has 2 rings (SSSR count). The minimum absolute atomic E-state index is 0.113. The Labute approximate surface area is 283 Å². The van der Waals surface area contributed by atoms with Crippen LogP contribution in [0.1, 0.15) is 117 Å². The number of aromatic nitrogens is 2. The molecule has 1 atom stereocenters. The van der Waals surface area contributed by atoms with Crippen molar-refractivity contribution in [3.05, 3.63) is 94.5 Å². The summed E-state index contributed by atoms with van der Waals surface area (Å²) in [5.74, 6) is 0.687. The first-order valence-corrected chi connectivity index (χ1v) is 16.5. The van der Waals surface area contributed by atoms with Crippen molar-refractivity contribution in [1.82, 2.24) is 15.4 Å². The monoisotopic (exact) mass is 652 g/mol. The van der Waals surface area contributed by atoms with Gasteiger partial charge in [-0.05, 0) is 61.9 Å². The Morgan fingerprint density at radius 1 is 1.07 bits per heavy atom. The highest BCUT2D eigenvalue weighted by atomic mass is 35.5. The summed E-state index contributed by atoms with van der Waals surface area (Å²) in [5.41, 5.74) is 13.1. The molecule has 1 aromatic carbocycles. The molecule has 0 fully saturated rings. The number of nitrogens with zero attached hydrogens (tertiary/aromatic N) is 4. The van der Waals surface area contributed by atoms with E-state index in [0.29, 0.717) is 34.1 Å². The molecule has 0 saturated heterocycles. The van der Waals surface area contributed by atoms with Crippen LogP contribution in [0.25, 0.3) is 5.57 Å². The molecule has 0 aliphatic heterocycles. The van der Waals surface area contributed by atoms with Crippen molar-refractivity contribution in [3.63, 3.8) is 0 Å². The predicted octanol–water partition coefficient (Wildman–Crippen LogP) is 10.3. The van der Waals surface area contributed by atoms with E-state index in [4.69, 9.17) is 27.1 Å². The molecule has 0 aliphatic rings. The molecule has 0 saturated carbocycles. The number of halogens is 1. The van der Waals surface area contributed by atoms with Crippen LogP contribution in [-0.2, 0) is 21.4 Å². The molecule has 0 bridgehead atoms. The molecule has 9 heteroatoms. The number of ether oxygens (including phenoxy) is 1. The lowest BCUT2D eigenvalue weighted by molar-refractivity contribution is -0.123. The van der Waals surface area contributed by atoms with Gasteiger partial charge < -0.3 is 10.5 Å². The standard InChI is InChI=1S/C33H45ClN6O2.2C2H6/c1-12-24(18-32(8,9)22(6)39-40-36-11)19-42-23(7)33(10,28(41)14-3)29-21(5)37-31(38-30(29)35)20(4)27-16-15-26(34)17-25(27)13-2;2*1-2/h15-17,19H,4,6-7,12-14,18H2,1-3,5,8-11H3,(H,36,39)(H2,35,37,38);2*1-2H3/b24-19+;;. The number of nitrogens with one attached hydrogen (secondary N) is 1. The van der Waals surface area contributed by atoms with Gasteiger partial charge in [0, 0.05) is 39.4 Å². The van der Waals surface area contributed by atoms with Crippen LogP contribution < -0.4 is 11.2 Å². The highest BCUT2D eigenvalue weighted by molar-refractivity contribution is 6.30. The molecule has 3 N–H and O–H groups in total. The molecule has 0 amide bonds. The molecule has 0 spiro atoms. The van der Waals surface area contributed by atoms with Crippen LogP contribution >= 0.6 is 11.6 Å². The van der Waals surface area contributed by atoms with Gasteiger partial charge in [-0.25, -0.2) is 9.97 Å². The maximum Gasteiger partial charge on any atom is 0.161 e. The number of carbonyl (C=O) groups excluding carboxylic acids is 1. The van der Waals surface area contributed by atoms with Gasteiger partial charge in [0.05, 0.1) is 13.3 Å².